The molecule has 0 heterocycles. The second-order valence-electron chi connectivity index (χ2n) is 4.23. The number of nitrogens with two attached hydrogens (primary N) is 1. The van der Waals surface area contributed by atoms with Gasteiger partial charge in [-0.3, -0.25) is 0 Å². The highest BCUT2D eigenvalue weighted by Crippen LogP contribution is 2.20. The highest BCUT2D eigenvalue weighted by Gasteiger charge is 2.05. The van der Waals surface area contributed by atoms with E-state index in [9.17, 15) is 0 Å². The van der Waals surface area contributed by atoms with Crippen LogP contribution in [0.4, 0.5) is 0 Å². The van der Waals surface area contributed by atoms with Gasteiger partial charge in [-0.25, -0.2) is 0 Å². The van der Waals surface area contributed by atoms with Crippen molar-refractivity contribution in [2.24, 2.45) is 5.73 Å². The van der Waals surface area contributed by atoms with Crippen LogP contribution in [0.2, 0.25) is 0 Å². The van der Waals surface area contributed by atoms with Gasteiger partial charge in [0.1, 0.15) is 29.7 Å². The van der Waals surface area contributed by atoms with E-state index < -0.39 is 0 Å². The molecule has 0 atom stereocenters. The molecule has 0 radical (unpaired) electrons. The molecule has 0 fully saturated rings. The lowest BCUT2D eigenvalue weighted by Gasteiger charge is -2.11. The second kappa shape index (κ2) is 7.90. The van der Waals surface area contributed by atoms with Crippen LogP contribution in [0.15, 0.2) is 53.4 Å². The summed E-state index contributed by atoms with van der Waals surface area (Å²) in [6.07, 6.45) is 2.04. The molecule has 110 valence electrons. The van der Waals surface area contributed by atoms with E-state index in [4.69, 9.17) is 27.4 Å². The van der Waals surface area contributed by atoms with Crippen LogP contribution in [0.5, 0.6) is 11.5 Å². The standard InChI is InChI=1S/C16H17NO2S2/c1-21-13-8-6-12(7-9-13)18-10-11-19-15-5-3-2-4-14(15)16(17)20/h2-9H,10-11H2,1H3,(H2,17,20). The Hall–Kier alpha value is -1.72. The summed E-state index contributed by atoms with van der Waals surface area (Å²) >= 11 is 6.70. The minimum atomic E-state index is 0.333. The summed E-state index contributed by atoms with van der Waals surface area (Å²) in [6.45, 7) is 0.897. The summed E-state index contributed by atoms with van der Waals surface area (Å²) in [5.41, 5.74) is 6.40. The fourth-order valence-electron chi connectivity index (χ4n) is 1.78. The molecule has 2 aromatic rings. The molecule has 0 unspecified atom stereocenters. The summed E-state index contributed by atoms with van der Waals surface area (Å²) in [4.78, 5) is 1.54. The van der Waals surface area contributed by atoms with Crippen molar-refractivity contribution in [2.45, 2.75) is 4.90 Å². The van der Waals surface area contributed by atoms with Gasteiger partial charge < -0.3 is 15.2 Å². The zero-order chi connectivity index (χ0) is 15.1. The Bertz CT molecular complexity index is 599. The second-order valence-corrected chi connectivity index (χ2v) is 5.55. The Morgan fingerprint density at radius 3 is 2.38 bits per heavy atom. The number of thioether (sulfide) groups is 1. The van der Waals surface area contributed by atoms with E-state index in [0.717, 1.165) is 11.3 Å². The molecular formula is C16H17NO2S2. The van der Waals surface area contributed by atoms with E-state index in [1.165, 1.54) is 4.90 Å². The molecule has 3 nitrogen and oxygen atoms in total. The van der Waals surface area contributed by atoms with Crippen molar-refractivity contribution in [1.29, 1.82) is 0 Å². The van der Waals surface area contributed by atoms with Crippen molar-refractivity contribution < 1.29 is 9.47 Å². The molecule has 5 heteroatoms. The lowest BCUT2D eigenvalue weighted by atomic mass is 10.2. The normalized spacial score (nSPS) is 10.1. The van der Waals surface area contributed by atoms with Gasteiger partial charge in [0.25, 0.3) is 0 Å². The van der Waals surface area contributed by atoms with Gasteiger partial charge in [0.15, 0.2) is 0 Å². The number of ether oxygens (including phenoxy) is 2. The topological polar surface area (TPSA) is 44.5 Å². The molecule has 0 aliphatic rings. The van der Waals surface area contributed by atoms with Crippen molar-refractivity contribution in [3.05, 3.63) is 54.1 Å². The predicted molar refractivity (Wildman–Crippen MR) is 91.5 cm³/mol. The summed E-state index contributed by atoms with van der Waals surface area (Å²) in [5.74, 6) is 1.52. The van der Waals surface area contributed by atoms with Gasteiger partial charge in [0.2, 0.25) is 0 Å². The number of rotatable bonds is 7. The summed E-state index contributed by atoms with van der Waals surface area (Å²) in [5, 5.41) is 0. The molecule has 0 saturated carbocycles. The van der Waals surface area contributed by atoms with Gasteiger partial charge >= 0.3 is 0 Å². The molecule has 0 aliphatic heterocycles. The van der Waals surface area contributed by atoms with Gasteiger partial charge in [0.05, 0.1) is 5.56 Å². The van der Waals surface area contributed by atoms with Crippen LogP contribution >= 0.6 is 24.0 Å². The maximum atomic E-state index is 5.67. The molecule has 2 aromatic carbocycles. The highest BCUT2D eigenvalue weighted by atomic mass is 32.2. The maximum Gasteiger partial charge on any atom is 0.129 e. The largest absolute Gasteiger partial charge is 0.490 e. The van der Waals surface area contributed by atoms with E-state index in [2.05, 4.69) is 0 Å². The Balaban J connectivity index is 1.83. The smallest absolute Gasteiger partial charge is 0.129 e. The fraction of sp³-hybridized carbons (Fsp3) is 0.188. The first-order chi connectivity index (χ1) is 10.2. The lowest BCUT2D eigenvalue weighted by molar-refractivity contribution is 0.217. The van der Waals surface area contributed by atoms with Crippen molar-refractivity contribution in [3.63, 3.8) is 0 Å². The third kappa shape index (κ3) is 4.65. The van der Waals surface area contributed by atoms with E-state index in [-0.39, 0.29) is 0 Å². The third-order valence-corrected chi connectivity index (χ3v) is 3.79. The molecule has 0 spiro atoms. The predicted octanol–water partition coefficient (Wildman–Crippen LogP) is 3.50. The zero-order valence-electron chi connectivity index (χ0n) is 11.7. The van der Waals surface area contributed by atoms with E-state index >= 15 is 0 Å². The average Bonchev–Trinajstić information content (AvgIpc) is 2.52. The highest BCUT2D eigenvalue weighted by molar-refractivity contribution is 7.98. The maximum absolute atomic E-state index is 5.67. The Labute approximate surface area is 134 Å². The van der Waals surface area contributed by atoms with Crippen LogP contribution in [-0.4, -0.2) is 24.5 Å². The lowest BCUT2D eigenvalue weighted by Crippen LogP contribution is -2.14. The molecule has 2 N–H and O–H groups in total. The van der Waals surface area contributed by atoms with Crippen molar-refractivity contribution in [1.82, 2.24) is 0 Å². The van der Waals surface area contributed by atoms with E-state index in [1.54, 1.807) is 11.8 Å². The molecule has 0 aliphatic carbocycles. The molecule has 0 saturated heterocycles. The van der Waals surface area contributed by atoms with Crippen molar-refractivity contribution in [3.8, 4) is 11.5 Å². The molecule has 0 bridgehead atoms. The van der Waals surface area contributed by atoms with Crippen LogP contribution in [0.1, 0.15) is 5.56 Å². The van der Waals surface area contributed by atoms with Gasteiger partial charge in [-0.05, 0) is 42.7 Å². The van der Waals surface area contributed by atoms with Crippen LogP contribution in [-0.2, 0) is 0 Å². The quantitative estimate of drug-likeness (QED) is 0.481. The van der Waals surface area contributed by atoms with Crippen LogP contribution in [0, 0.1) is 0 Å². The van der Waals surface area contributed by atoms with Crippen molar-refractivity contribution in [2.75, 3.05) is 19.5 Å². The number of hydrogen-bond donors (Lipinski definition) is 1. The SMILES string of the molecule is CSc1ccc(OCCOc2ccccc2C(N)=S)cc1. The molecule has 21 heavy (non-hydrogen) atoms. The zero-order valence-corrected chi connectivity index (χ0v) is 13.4. The summed E-state index contributed by atoms with van der Waals surface area (Å²) in [6, 6.07) is 15.4. The molecule has 0 amide bonds. The molecule has 0 aromatic heterocycles. The van der Waals surface area contributed by atoms with Crippen molar-refractivity contribution >= 4 is 29.0 Å². The van der Waals surface area contributed by atoms with Gasteiger partial charge in [-0.15, -0.1) is 11.8 Å². The summed E-state index contributed by atoms with van der Waals surface area (Å²) < 4.78 is 11.3. The monoisotopic (exact) mass is 319 g/mol. The van der Waals surface area contributed by atoms with E-state index in [1.807, 2.05) is 54.8 Å². The van der Waals surface area contributed by atoms with E-state index in [0.29, 0.717) is 24.0 Å². The first-order valence-corrected chi connectivity index (χ1v) is 8.12. The minimum Gasteiger partial charge on any atom is -0.490 e. The number of benzene rings is 2. The number of para-hydroxylation sites is 1. The van der Waals surface area contributed by atoms with Crippen LogP contribution < -0.4 is 15.2 Å². The Morgan fingerprint density at radius 1 is 1.05 bits per heavy atom. The Kier molecular flexibility index (Phi) is 5.90. The van der Waals surface area contributed by atoms with Crippen LogP contribution in [0.25, 0.3) is 0 Å². The Morgan fingerprint density at radius 2 is 1.71 bits per heavy atom. The fourth-order valence-corrected chi connectivity index (χ4v) is 2.36. The summed E-state index contributed by atoms with van der Waals surface area (Å²) in [7, 11) is 0. The molecule has 2 rings (SSSR count). The minimum absolute atomic E-state index is 0.333. The number of thiocarbonyl (C=S) groups is 1. The van der Waals surface area contributed by atoms with Crippen LogP contribution in [0.3, 0.4) is 0 Å². The number of hydrogen-bond acceptors (Lipinski definition) is 4. The van der Waals surface area contributed by atoms with Gasteiger partial charge in [-0.2, -0.15) is 0 Å². The molecular weight excluding hydrogens is 302 g/mol. The first-order valence-electron chi connectivity index (χ1n) is 6.49. The first kappa shape index (κ1) is 15.7. The third-order valence-electron chi connectivity index (χ3n) is 2.82. The average molecular weight is 319 g/mol. The van der Waals surface area contributed by atoms with Gasteiger partial charge in [0, 0.05) is 4.90 Å². The van der Waals surface area contributed by atoms with Gasteiger partial charge in [-0.1, -0.05) is 24.4 Å².